The van der Waals surface area contributed by atoms with E-state index in [0.717, 1.165) is 16.7 Å². The van der Waals surface area contributed by atoms with Crippen molar-refractivity contribution < 1.29 is 4.39 Å². The van der Waals surface area contributed by atoms with Gasteiger partial charge in [0.2, 0.25) is 0 Å². The van der Waals surface area contributed by atoms with E-state index in [1.165, 1.54) is 22.8 Å². The molecule has 0 radical (unpaired) electrons. The predicted octanol–water partition coefficient (Wildman–Crippen LogP) is 4.73. The summed E-state index contributed by atoms with van der Waals surface area (Å²) in [7, 11) is 0. The first kappa shape index (κ1) is 11.8. The lowest BCUT2D eigenvalue weighted by Gasteiger charge is -2.12. The third kappa shape index (κ3) is 2.10. The number of aryl methyl sites for hydroxylation is 3. The van der Waals surface area contributed by atoms with Gasteiger partial charge in [0.1, 0.15) is 5.82 Å². The Labute approximate surface area is 102 Å². The minimum Gasteiger partial charge on any atom is -0.206 e. The summed E-state index contributed by atoms with van der Waals surface area (Å²) in [6.07, 6.45) is 0. The molecule has 0 aliphatic carbocycles. The zero-order valence-electron chi connectivity index (χ0n) is 10.8. The van der Waals surface area contributed by atoms with Crippen LogP contribution in [0, 0.1) is 33.5 Å². The van der Waals surface area contributed by atoms with Crippen LogP contribution in [0.2, 0.25) is 0 Å². The number of hydrogen-bond donors (Lipinski definition) is 0. The second-order valence-electron chi connectivity index (χ2n) is 4.67. The molecule has 0 nitrogen and oxygen atoms in total. The maximum absolute atomic E-state index is 13.9. The van der Waals surface area contributed by atoms with Gasteiger partial charge in [-0.05, 0) is 61.6 Å². The monoisotopic (exact) mass is 228 g/mol. The number of halogens is 1. The average molecular weight is 228 g/mol. The maximum atomic E-state index is 13.9. The molecule has 0 bridgehead atoms. The largest absolute Gasteiger partial charge is 0.206 e. The number of rotatable bonds is 1. The van der Waals surface area contributed by atoms with Gasteiger partial charge in [-0.3, -0.25) is 0 Å². The summed E-state index contributed by atoms with van der Waals surface area (Å²) in [6, 6.07) is 9.35. The van der Waals surface area contributed by atoms with Gasteiger partial charge >= 0.3 is 0 Å². The first-order valence-electron chi connectivity index (χ1n) is 5.84. The van der Waals surface area contributed by atoms with Gasteiger partial charge in [0.05, 0.1) is 0 Å². The highest BCUT2D eigenvalue weighted by atomic mass is 19.1. The summed E-state index contributed by atoms with van der Waals surface area (Å²) in [5, 5.41) is 0. The molecule has 17 heavy (non-hydrogen) atoms. The fourth-order valence-electron chi connectivity index (χ4n) is 2.18. The van der Waals surface area contributed by atoms with Crippen LogP contribution in [0.5, 0.6) is 0 Å². The third-order valence-corrected chi connectivity index (χ3v) is 3.44. The van der Waals surface area contributed by atoms with Crippen molar-refractivity contribution in [3.05, 3.63) is 58.4 Å². The molecule has 0 aliphatic rings. The highest BCUT2D eigenvalue weighted by Crippen LogP contribution is 2.29. The molecule has 0 saturated heterocycles. The zero-order chi connectivity index (χ0) is 12.6. The van der Waals surface area contributed by atoms with Gasteiger partial charge in [-0.2, -0.15) is 0 Å². The molecule has 0 unspecified atom stereocenters. The second kappa shape index (κ2) is 4.33. The molecular formula is C16H17F. The van der Waals surface area contributed by atoms with Crippen LogP contribution in [-0.2, 0) is 0 Å². The Morgan fingerprint density at radius 3 is 1.94 bits per heavy atom. The molecule has 0 amide bonds. The molecular weight excluding hydrogens is 211 g/mol. The molecule has 2 aromatic rings. The first-order valence-corrected chi connectivity index (χ1v) is 5.84. The lowest BCUT2D eigenvalue weighted by Crippen LogP contribution is -1.93. The van der Waals surface area contributed by atoms with Crippen LogP contribution < -0.4 is 0 Å². The first-order chi connectivity index (χ1) is 8.00. The van der Waals surface area contributed by atoms with Crippen LogP contribution in [0.1, 0.15) is 22.3 Å². The lowest BCUT2D eigenvalue weighted by molar-refractivity contribution is 0.630. The standard InChI is InChI=1S/C16H17F/c1-10-6-5-7-15(17)16(10)14-8-11(2)13(4)12(3)9-14/h5-9H,1-4H3. The van der Waals surface area contributed by atoms with Crippen LogP contribution in [0.3, 0.4) is 0 Å². The van der Waals surface area contributed by atoms with Crippen molar-refractivity contribution in [1.82, 2.24) is 0 Å². The predicted molar refractivity (Wildman–Crippen MR) is 70.8 cm³/mol. The van der Waals surface area contributed by atoms with Crippen molar-refractivity contribution in [2.24, 2.45) is 0 Å². The van der Waals surface area contributed by atoms with Crippen molar-refractivity contribution in [3.8, 4) is 11.1 Å². The van der Waals surface area contributed by atoms with E-state index >= 15 is 0 Å². The van der Waals surface area contributed by atoms with E-state index in [1.54, 1.807) is 6.07 Å². The Morgan fingerprint density at radius 2 is 1.41 bits per heavy atom. The number of benzene rings is 2. The summed E-state index contributed by atoms with van der Waals surface area (Å²) >= 11 is 0. The summed E-state index contributed by atoms with van der Waals surface area (Å²) in [5.74, 6) is -0.146. The molecule has 88 valence electrons. The van der Waals surface area contributed by atoms with E-state index in [2.05, 4.69) is 32.9 Å². The topological polar surface area (TPSA) is 0 Å². The Bertz CT molecular complexity index is 524. The second-order valence-corrected chi connectivity index (χ2v) is 4.67. The molecule has 0 N–H and O–H groups in total. The van der Waals surface area contributed by atoms with Gasteiger partial charge in [0, 0.05) is 5.56 Å². The van der Waals surface area contributed by atoms with Gasteiger partial charge < -0.3 is 0 Å². The highest BCUT2D eigenvalue weighted by Gasteiger charge is 2.10. The van der Waals surface area contributed by atoms with Gasteiger partial charge in [0.15, 0.2) is 0 Å². The van der Waals surface area contributed by atoms with E-state index in [1.807, 2.05) is 13.0 Å². The van der Waals surface area contributed by atoms with E-state index < -0.39 is 0 Å². The van der Waals surface area contributed by atoms with Gasteiger partial charge in [-0.25, -0.2) is 4.39 Å². The van der Waals surface area contributed by atoms with E-state index in [9.17, 15) is 4.39 Å². The van der Waals surface area contributed by atoms with E-state index in [0.29, 0.717) is 0 Å². The van der Waals surface area contributed by atoms with Crippen molar-refractivity contribution in [1.29, 1.82) is 0 Å². The van der Waals surface area contributed by atoms with E-state index in [-0.39, 0.29) is 5.82 Å². The van der Waals surface area contributed by atoms with Gasteiger partial charge in [-0.1, -0.05) is 24.3 Å². The molecule has 0 aliphatic heterocycles. The molecule has 0 fully saturated rings. The fraction of sp³-hybridized carbons (Fsp3) is 0.250. The van der Waals surface area contributed by atoms with Crippen molar-refractivity contribution in [2.75, 3.05) is 0 Å². The molecule has 0 saturated carbocycles. The van der Waals surface area contributed by atoms with Crippen LogP contribution in [0.15, 0.2) is 30.3 Å². The minimum atomic E-state index is -0.146. The van der Waals surface area contributed by atoms with Crippen molar-refractivity contribution in [3.63, 3.8) is 0 Å². The van der Waals surface area contributed by atoms with Crippen LogP contribution in [0.25, 0.3) is 11.1 Å². The van der Waals surface area contributed by atoms with Gasteiger partial charge in [-0.15, -0.1) is 0 Å². The summed E-state index contributed by atoms with van der Waals surface area (Å²) < 4.78 is 13.9. The molecule has 2 rings (SSSR count). The zero-order valence-corrected chi connectivity index (χ0v) is 10.8. The van der Waals surface area contributed by atoms with Crippen LogP contribution in [-0.4, -0.2) is 0 Å². The lowest BCUT2D eigenvalue weighted by atomic mass is 9.94. The Kier molecular flexibility index (Phi) is 3.01. The Hall–Kier alpha value is -1.63. The maximum Gasteiger partial charge on any atom is 0.131 e. The molecule has 1 heteroatoms. The molecule has 0 spiro atoms. The summed E-state index contributed by atoms with van der Waals surface area (Å²) in [4.78, 5) is 0. The Balaban J connectivity index is 2.69. The number of hydrogen-bond acceptors (Lipinski definition) is 0. The van der Waals surface area contributed by atoms with Gasteiger partial charge in [0.25, 0.3) is 0 Å². The van der Waals surface area contributed by atoms with Crippen molar-refractivity contribution in [2.45, 2.75) is 27.7 Å². The molecule has 0 aromatic heterocycles. The molecule has 2 aromatic carbocycles. The minimum absolute atomic E-state index is 0.146. The SMILES string of the molecule is Cc1cc(-c2c(C)cccc2F)cc(C)c1C. The summed E-state index contributed by atoms with van der Waals surface area (Å²) in [5.41, 5.74) is 6.38. The normalized spacial score (nSPS) is 10.6. The van der Waals surface area contributed by atoms with E-state index in [4.69, 9.17) is 0 Å². The van der Waals surface area contributed by atoms with Crippen LogP contribution >= 0.6 is 0 Å². The average Bonchev–Trinajstić information content (AvgIpc) is 2.25. The highest BCUT2D eigenvalue weighted by molar-refractivity contribution is 5.70. The fourth-order valence-corrected chi connectivity index (χ4v) is 2.18. The Morgan fingerprint density at radius 1 is 0.824 bits per heavy atom. The molecule has 0 heterocycles. The third-order valence-electron chi connectivity index (χ3n) is 3.44. The molecule has 0 atom stereocenters. The quantitative estimate of drug-likeness (QED) is 0.662. The van der Waals surface area contributed by atoms with Crippen molar-refractivity contribution >= 4 is 0 Å². The summed E-state index contributed by atoms with van der Waals surface area (Å²) in [6.45, 7) is 8.19. The van der Waals surface area contributed by atoms with Crippen LogP contribution in [0.4, 0.5) is 4.39 Å². The smallest absolute Gasteiger partial charge is 0.131 e.